The van der Waals surface area contributed by atoms with Gasteiger partial charge in [-0.1, -0.05) is 12.1 Å². The van der Waals surface area contributed by atoms with Crippen LogP contribution in [0.25, 0.3) is 0 Å². The van der Waals surface area contributed by atoms with Gasteiger partial charge in [-0.3, -0.25) is 4.98 Å². The van der Waals surface area contributed by atoms with Gasteiger partial charge in [-0.15, -0.1) is 0 Å². The van der Waals surface area contributed by atoms with Crippen LogP contribution in [0.2, 0.25) is 0 Å². The first kappa shape index (κ1) is 21.7. The van der Waals surface area contributed by atoms with E-state index in [4.69, 9.17) is 4.74 Å². The number of aromatic nitrogens is 3. The van der Waals surface area contributed by atoms with E-state index in [1.807, 2.05) is 0 Å². The quantitative estimate of drug-likeness (QED) is 0.616. The molecule has 0 fully saturated rings. The summed E-state index contributed by atoms with van der Waals surface area (Å²) < 4.78 is 33.5. The second kappa shape index (κ2) is 8.37. The second-order valence-corrected chi connectivity index (χ2v) is 9.24. The van der Waals surface area contributed by atoms with Gasteiger partial charge in [0, 0.05) is 18.8 Å². The van der Waals surface area contributed by atoms with Crippen LogP contribution in [0.1, 0.15) is 25.1 Å². The van der Waals surface area contributed by atoms with Gasteiger partial charge in [-0.05, 0) is 50.6 Å². The topological polar surface area (TPSA) is 106 Å². The van der Waals surface area contributed by atoms with Crippen LogP contribution >= 0.6 is 0 Å². The second-order valence-electron chi connectivity index (χ2n) is 7.46. The lowest BCUT2D eigenvalue weighted by atomic mass is 9.99. The van der Waals surface area contributed by atoms with Crippen molar-refractivity contribution in [3.8, 4) is 5.88 Å². The fourth-order valence-electron chi connectivity index (χ4n) is 2.95. The van der Waals surface area contributed by atoms with Gasteiger partial charge in [0.25, 0.3) is 15.9 Å². The highest BCUT2D eigenvalue weighted by molar-refractivity contribution is 7.93. The molecule has 1 aromatic carbocycles. The average molecular weight is 429 g/mol. The van der Waals surface area contributed by atoms with E-state index in [1.165, 1.54) is 31.8 Å². The van der Waals surface area contributed by atoms with Crippen molar-refractivity contribution in [3.05, 3.63) is 66.2 Å². The number of aliphatic hydroxyl groups is 1. The van der Waals surface area contributed by atoms with Crippen LogP contribution in [0.15, 0.2) is 59.9 Å². The van der Waals surface area contributed by atoms with Gasteiger partial charge in [0.2, 0.25) is 5.82 Å². The molecule has 30 heavy (non-hydrogen) atoms. The fraction of sp³-hybridized carbons (Fsp3) is 0.286. The Morgan fingerprint density at radius 1 is 1.13 bits per heavy atom. The van der Waals surface area contributed by atoms with E-state index in [-0.39, 0.29) is 16.6 Å². The maximum absolute atomic E-state index is 13.5. The molecule has 0 saturated carbocycles. The standard InChI is InChI=1S/C21H24N4O4S/c1-15-13-23-19(20(24-15)29-4)25(30(27,28)18-6-5-11-22-14-18)17-9-7-16(8-10-17)12-21(2,3)26/h5-11,13-14,26H,12H2,1-4H3. The van der Waals surface area contributed by atoms with Crippen LogP contribution in [-0.4, -0.2) is 41.2 Å². The Labute approximate surface area is 176 Å². The third-order valence-corrected chi connectivity index (χ3v) is 5.91. The van der Waals surface area contributed by atoms with Crippen LogP contribution in [-0.2, 0) is 16.4 Å². The molecule has 158 valence electrons. The van der Waals surface area contributed by atoms with Crippen LogP contribution in [0, 0.1) is 6.92 Å². The van der Waals surface area contributed by atoms with Gasteiger partial charge in [0.1, 0.15) is 4.90 Å². The summed E-state index contributed by atoms with van der Waals surface area (Å²) in [6, 6.07) is 9.88. The molecule has 0 amide bonds. The van der Waals surface area contributed by atoms with Crippen molar-refractivity contribution in [3.63, 3.8) is 0 Å². The molecule has 0 aliphatic rings. The van der Waals surface area contributed by atoms with Gasteiger partial charge < -0.3 is 9.84 Å². The highest BCUT2D eigenvalue weighted by Gasteiger charge is 2.31. The molecule has 2 heterocycles. The summed E-state index contributed by atoms with van der Waals surface area (Å²) in [7, 11) is -2.65. The van der Waals surface area contributed by atoms with Crippen molar-refractivity contribution in [2.45, 2.75) is 37.7 Å². The minimum Gasteiger partial charge on any atom is -0.478 e. The molecule has 9 heteroatoms. The summed E-state index contributed by atoms with van der Waals surface area (Å²) in [5, 5.41) is 10.1. The normalized spacial score (nSPS) is 11.9. The summed E-state index contributed by atoms with van der Waals surface area (Å²) in [5.74, 6) is 0.130. The molecule has 3 rings (SSSR count). The number of pyridine rings is 1. The molecule has 0 unspecified atom stereocenters. The van der Waals surface area contributed by atoms with E-state index in [0.717, 1.165) is 9.87 Å². The van der Waals surface area contributed by atoms with Gasteiger partial charge in [0.05, 0.1) is 30.3 Å². The number of methoxy groups -OCH3 is 1. The average Bonchev–Trinajstić information content (AvgIpc) is 2.70. The SMILES string of the molecule is COc1nc(C)cnc1N(c1ccc(CC(C)(C)O)cc1)S(=O)(=O)c1cccnc1. The lowest BCUT2D eigenvalue weighted by Gasteiger charge is -2.25. The minimum atomic E-state index is -4.06. The van der Waals surface area contributed by atoms with Crippen molar-refractivity contribution >= 4 is 21.5 Å². The molecular formula is C21H24N4O4S. The first-order chi connectivity index (χ1) is 14.1. The Bertz CT molecular complexity index is 1110. The summed E-state index contributed by atoms with van der Waals surface area (Å²) in [5.41, 5.74) is 0.936. The predicted molar refractivity (Wildman–Crippen MR) is 113 cm³/mol. The third-order valence-electron chi connectivity index (χ3n) is 4.21. The van der Waals surface area contributed by atoms with E-state index >= 15 is 0 Å². The third kappa shape index (κ3) is 4.74. The summed E-state index contributed by atoms with van der Waals surface area (Å²) in [6.45, 7) is 5.17. The molecule has 3 aromatic rings. The molecule has 0 spiro atoms. The zero-order valence-corrected chi connectivity index (χ0v) is 18.1. The molecule has 0 aliphatic carbocycles. The molecule has 1 N–H and O–H groups in total. The molecule has 0 bridgehead atoms. The molecule has 2 aromatic heterocycles. The van der Waals surface area contributed by atoms with Gasteiger partial charge in [-0.2, -0.15) is 0 Å². The monoisotopic (exact) mass is 428 g/mol. The van der Waals surface area contributed by atoms with Crippen molar-refractivity contribution < 1.29 is 18.3 Å². The smallest absolute Gasteiger partial charge is 0.271 e. The molecule has 8 nitrogen and oxygen atoms in total. The van der Waals surface area contributed by atoms with E-state index in [1.54, 1.807) is 51.1 Å². The summed E-state index contributed by atoms with van der Waals surface area (Å²) >= 11 is 0. The van der Waals surface area contributed by atoms with Crippen LogP contribution in [0.5, 0.6) is 5.88 Å². The molecule has 0 atom stereocenters. The highest BCUT2D eigenvalue weighted by Crippen LogP contribution is 2.36. The Balaban J connectivity index is 2.16. The fourth-order valence-corrected chi connectivity index (χ4v) is 4.36. The Kier molecular flexibility index (Phi) is 6.04. The number of nitrogens with zero attached hydrogens (tertiary/aromatic N) is 4. The van der Waals surface area contributed by atoms with E-state index in [2.05, 4.69) is 15.0 Å². The predicted octanol–water partition coefficient (Wildman–Crippen LogP) is 3.03. The van der Waals surface area contributed by atoms with Crippen molar-refractivity contribution in [2.24, 2.45) is 0 Å². The van der Waals surface area contributed by atoms with Crippen LogP contribution < -0.4 is 9.04 Å². The number of rotatable bonds is 7. The maximum Gasteiger partial charge on any atom is 0.271 e. The number of benzene rings is 1. The van der Waals surface area contributed by atoms with Gasteiger partial charge >= 0.3 is 0 Å². The van der Waals surface area contributed by atoms with Crippen molar-refractivity contribution in [2.75, 3.05) is 11.4 Å². The molecular weight excluding hydrogens is 404 g/mol. The Morgan fingerprint density at radius 2 is 1.83 bits per heavy atom. The van der Waals surface area contributed by atoms with Crippen LogP contribution in [0.3, 0.4) is 0 Å². The van der Waals surface area contributed by atoms with Crippen LogP contribution in [0.4, 0.5) is 11.5 Å². The summed E-state index contributed by atoms with van der Waals surface area (Å²) in [6.07, 6.45) is 4.68. The van der Waals surface area contributed by atoms with E-state index < -0.39 is 15.6 Å². The van der Waals surface area contributed by atoms with E-state index in [9.17, 15) is 13.5 Å². The Hall–Kier alpha value is -3.04. The Morgan fingerprint density at radius 3 is 2.40 bits per heavy atom. The number of sulfonamides is 1. The lowest BCUT2D eigenvalue weighted by Crippen LogP contribution is -2.28. The van der Waals surface area contributed by atoms with Gasteiger partial charge in [0.15, 0.2) is 0 Å². The molecule has 0 aliphatic heterocycles. The van der Waals surface area contributed by atoms with E-state index in [0.29, 0.717) is 17.8 Å². The number of anilines is 2. The number of ether oxygens (including phenoxy) is 1. The zero-order valence-electron chi connectivity index (χ0n) is 17.3. The van der Waals surface area contributed by atoms with Crippen molar-refractivity contribution in [1.29, 1.82) is 0 Å². The molecule has 0 saturated heterocycles. The number of hydrogen-bond acceptors (Lipinski definition) is 7. The largest absolute Gasteiger partial charge is 0.478 e. The molecule has 0 radical (unpaired) electrons. The summed E-state index contributed by atoms with van der Waals surface area (Å²) in [4.78, 5) is 12.5. The lowest BCUT2D eigenvalue weighted by molar-refractivity contribution is 0.0810. The minimum absolute atomic E-state index is 0.00926. The van der Waals surface area contributed by atoms with Crippen molar-refractivity contribution in [1.82, 2.24) is 15.0 Å². The number of aryl methyl sites for hydroxylation is 1. The zero-order chi connectivity index (χ0) is 21.9. The van der Waals surface area contributed by atoms with Gasteiger partial charge in [-0.25, -0.2) is 22.7 Å². The first-order valence-electron chi connectivity index (χ1n) is 9.26. The highest BCUT2D eigenvalue weighted by atomic mass is 32.2. The first-order valence-corrected chi connectivity index (χ1v) is 10.7. The number of hydrogen-bond donors (Lipinski definition) is 1. The maximum atomic E-state index is 13.5.